The summed E-state index contributed by atoms with van der Waals surface area (Å²) in [5.74, 6) is 0.665. The lowest BCUT2D eigenvalue weighted by molar-refractivity contribution is 0.214. The van der Waals surface area contributed by atoms with Gasteiger partial charge in [0.15, 0.2) is 17.5 Å². The fourth-order valence-electron chi connectivity index (χ4n) is 2.21. The van der Waals surface area contributed by atoms with E-state index in [-0.39, 0.29) is 17.7 Å². The van der Waals surface area contributed by atoms with Gasteiger partial charge in [-0.25, -0.2) is 4.39 Å². The highest BCUT2D eigenvalue weighted by Gasteiger charge is 2.09. The van der Waals surface area contributed by atoms with Crippen LogP contribution in [0.3, 0.4) is 0 Å². The Bertz CT molecular complexity index is 522. The van der Waals surface area contributed by atoms with Crippen molar-refractivity contribution in [2.24, 2.45) is 4.99 Å². The maximum Gasteiger partial charge on any atom is 0.191 e. The Morgan fingerprint density at radius 3 is 2.56 bits per heavy atom. The molecular formula is C19H33FN4O. The molecule has 0 aliphatic heterocycles. The van der Waals surface area contributed by atoms with E-state index >= 15 is 0 Å². The number of aliphatic imine (C=N–C) groups is 1. The van der Waals surface area contributed by atoms with Gasteiger partial charge in [-0.3, -0.25) is 4.99 Å². The predicted molar refractivity (Wildman–Crippen MR) is 103 cm³/mol. The van der Waals surface area contributed by atoms with Gasteiger partial charge in [-0.05, 0) is 59.3 Å². The van der Waals surface area contributed by atoms with Crippen LogP contribution < -0.4 is 15.4 Å². The first-order chi connectivity index (χ1) is 11.9. The molecule has 5 nitrogen and oxygen atoms in total. The number of ether oxygens (including phenoxy) is 1. The highest BCUT2D eigenvalue weighted by atomic mass is 19.1. The predicted octanol–water partition coefficient (Wildman–Crippen LogP) is 2.88. The van der Waals surface area contributed by atoms with Crippen LogP contribution in [-0.4, -0.2) is 56.7 Å². The van der Waals surface area contributed by atoms with E-state index in [0.717, 1.165) is 31.9 Å². The SMILES string of the molecule is CN=C(NCCCCN(C)C(C)C)NCC(C)Oc1ccccc1F. The number of hydrogen-bond acceptors (Lipinski definition) is 3. The monoisotopic (exact) mass is 352 g/mol. The van der Waals surface area contributed by atoms with Crippen LogP contribution in [0, 0.1) is 5.82 Å². The first-order valence-electron chi connectivity index (χ1n) is 9.00. The molecule has 1 atom stereocenters. The average Bonchev–Trinajstić information content (AvgIpc) is 2.59. The molecule has 1 rings (SSSR count). The van der Waals surface area contributed by atoms with Gasteiger partial charge in [0.05, 0.1) is 6.54 Å². The van der Waals surface area contributed by atoms with Crippen LogP contribution in [0.1, 0.15) is 33.6 Å². The smallest absolute Gasteiger partial charge is 0.191 e. The molecule has 1 aromatic carbocycles. The van der Waals surface area contributed by atoms with E-state index < -0.39 is 0 Å². The minimum atomic E-state index is -0.344. The highest BCUT2D eigenvalue weighted by Crippen LogP contribution is 2.16. The van der Waals surface area contributed by atoms with Crippen LogP contribution in [0.5, 0.6) is 5.75 Å². The van der Waals surface area contributed by atoms with Crippen molar-refractivity contribution < 1.29 is 9.13 Å². The van der Waals surface area contributed by atoms with Gasteiger partial charge >= 0.3 is 0 Å². The molecule has 142 valence electrons. The van der Waals surface area contributed by atoms with E-state index in [1.807, 2.05) is 6.92 Å². The summed E-state index contributed by atoms with van der Waals surface area (Å²) in [7, 11) is 3.89. The van der Waals surface area contributed by atoms with Crippen molar-refractivity contribution >= 4 is 5.96 Å². The van der Waals surface area contributed by atoms with Gasteiger partial charge in [0.1, 0.15) is 6.10 Å². The second kappa shape index (κ2) is 11.7. The lowest BCUT2D eigenvalue weighted by atomic mass is 10.2. The number of unbranched alkanes of at least 4 members (excludes halogenated alkanes) is 1. The minimum absolute atomic E-state index is 0.171. The fraction of sp³-hybridized carbons (Fsp3) is 0.632. The number of nitrogens with zero attached hydrogens (tertiary/aromatic N) is 2. The van der Waals surface area contributed by atoms with Crippen LogP contribution in [0.4, 0.5) is 4.39 Å². The Kier molecular flexibility index (Phi) is 9.92. The van der Waals surface area contributed by atoms with E-state index in [0.29, 0.717) is 12.6 Å². The zero-order valence-corrected chi connectivity index (χ0v) is 16.2. The molecule has 0 spiro atoms. The van der Waals surface area contributed by atoms with Crippen molar-refractivity contribution in [2.75, 3.05) is 33.7 Å². The van der Waals surface area contributed by atoms with Crippen LogP contribution >= 0.6 is 0 Å². The molecule has 0 bridgehead atoms. The quantitative estimate of drug-likeness (QED) is 0.386. The lowest BCUT2D eigenvalue weighted by Crippen LogP contribution is -2.42. The zero-order valence-electron chi connectivity index (χ0n) is 16.2. The molecule has 1 aromatic rings. The summed E-state index contributed by atoms with van der Waals surface area (Å²) in [6.45, 7) is 8.81. The average molecular weight is 352 g/mol. The first-order valence-corrected chi connectivity index (χ1v) is 9.00. The van der Waals surface area contributed by atoms with Gasteiger partial charge in [-0.2, -0.15) is 0 Å². The molecule has 0 aliphatic rings. The third-order valence-electron chi connectivity index (χ3n) is 4.06. The summed E-state index contributed by atoms with van der Waals surface area (Å²) >= 11 is 0. The largest absolute Gasteiger partial charge is 0.486 e. The molecule has 1 unspecified atom stereocenters. The van der Waals surface area contributed by atoms with Crippen LogP contribution in [0.25, 0.3) is 0 Å². The maximum absolute atomic E-state index is 13.6. The summed E-state index contributed by atoms with van der Waals surface area (Å²) in [6.07, 6.45) is 2.06. The lowest BCUT2D eigenvalue weighted by Gasteiger charge is -2.21. The Morgan fingerprint density at radius 1 is 1.20 bits per heavy atom. The Labute approximate surface area is 151 Å². The van der Waals surface area contributed by atoms with Crippen molar-refractivity contribution in [3.8, 4) is 5.75 Å². The van der Waals surface area contributed by atoms with Crippen molar-refractivity contribution in [3.05, 3.63) is 30.1 Å². The molecule has 0 heterocycles. The summed E-state index contributed by atoms with van der Waals surface area (Å²) < 4.78 is 19.2. The van der Waals surface area contributed by atoms with Crippen LogP contribution in [-0.2, 0) is 0 Å². The van der Waals surface area contributed by atoms with E-state index in [4.69, 9.17) is 4.74 Å². The second-order valence-electron chi connectivity index (χ2n) is 6.52. The first kappa shape index (κ1) is 21.2. The third kappa shape index (κ3) is 8.72. The van der Waals surface area contributed by atoms with E-state index in [1.54, 1.807) is 25.2 Å². The summed E-state index contributed by atoms with van der Waals surface area (Å²) in [4.78, 5) is 6.54. The van der Waals surface area contributed by atoms with Gasteiger partial charge in [-0.1, -0.05) is 12.1 Å². The maximum atomic E-state index is 13.6. The summed E-state index contributed by atoms with van der Waals surface area (Å²) in [5.41, 5.74) is 0. The second-order valence-corrected chi connectivity index (χ2v) is 6.52. The number of rotatable bonds is 10. The molecule has 2 N–H and O–H groups in total. The molecule has 0 amide bonds. The molecule has 6 heteroatoms. The van der Waals surface area contributed by atoms with Gasteiger partial charge in [0.25, 0.3) is 0 Å². The van der Waals surface area contributed by atoms with Crippen molar-refractivity contribution in [1.82, 2.24) is 15.5 Å². The third-order valence-corrected chi connectivity index (χ3v) is 4.06. The van der Waals surface area contributed by atoms with Crippen molar-refractivity contribution in [3.63, 3.8) is 0 Å². The molecule has 0 fully saturated rings. The number of hydrogen-bond donors (Lipinski definition) is 2. The fourth-order valence-corrected chi connectivity index (χ4v) is 2.21. The van der Waals surface area contributed by atoms with Gasteiger partial charge in [0.2, 0.25) is 0 Å². The number of para-hydroxylation sites is 1. The van der Waals surface area contributed by atoms with E-state index in [2.05, 4.69) is 41.4 Å². The van der Waals surface area contributed by atoms with Gasteiger partial charge < -0.3 is 20.3 Å². The van der Waals surface area contributed by atoms with Gasteiger partial charge in [0, 0.05) is 19.6 Å². The van der Waals surface area contributed by atoms with Gasteiger partial charge in [-0.15, -0.1) is 0 Å². The van der Waals surface area contributed by atoms with Crippen molar-refractivity contribution in [1.29, 1.82) is 0 Å². The number of guanidine groups is 1. The topological polar surface area (TPSA) is 48.9 Å². The summed E-state index contributed by atoms with van der Waals surface area (Å²) in [5, 5.41) is 6.50. The molecule has 0 saturated heterocycles. The number of halogens is 1. The molecule has 0 aliphatic carbocycles. The summed E-state index contributed by atoms with van der Waals surface area (Å²) in [6, 6.07) is 7.02. The Hall–Kier alpha value is -1.82. The molecule has 0 radical (unpaired) electrons. The Balaban J connectivity index is 2.22. The molecule has 0 aromatic heterocycles. The zero-order chi connectivity index (χ0) is 18.7. The van der Waals surface area contributed by atoms with Crippen LogP contribution in [0.15, 0.2) is 29.3 Å². The number of benzene rings is 1. The van der Waals surface area contributed by atoms with E-state index in [1.165, 1.54) is 6.07 Å². The molecule has 0 saturated carbocycles. The van der Waals surface area contributed by atoms with Crippen molar-refractivity contribution in [2.45, 2.75) is 45.8 Å². The normalized spacial score (nSPS) is 13.2. The minimum Gasteiger partial charge on any atom is -0.486 e. The number of nitrogens with one attached hydrogen (secondary N) is 2. The van der Waals surface area contributed by atoms with Crippen LogP contribution in [0.2, 0.25) is 0 Å². The Morgan fingerprint density at radius 2 is 1.92 bits per heavy atom. The molecular weight excluding hydrogens is 319 g/mol. The molecule has 25 heavy (non-hydrogen) atoms. The highest BCUT2D eigenvalue weighted by molar-refractivity contribution is 5.79. The van der Waals surface area contributed by atoms with E-state index in [9.17, 15) is 4.39 Å². The standard InChI is InChI=1S/C19H33FN4O/c1-15(2)24(5)13-9-8-12-22-19(21-4)23-14-16(3)25-18-11-7-6-10-17(18)20/h6-7,10-11,15-16H,8-9,12-14H2,1-5H3,(H2,21,22,23).